The molecule has 8 heteroatoms. The normalized spacial score (nSPS) is 11.2. The summed E-state index contributed by atoms with van der Waals surface area (Å²) in [7, 11) is 0. The highest BCUT2D eigenvalue weighted by atomic mass is 16.5. The summed E-state index contributed by atoms with van der Waals surface area (Å²) in [6, 6.07) is 6.97. The van der Waals surface area contributed by atoms with Crippen molar-refractivity contribution in [3.63, 3.8) is 0 Å². The van der Waals surface area contributed by atoms with Crippen LogP contribution in [0.4, 0.5) is 0 Å². The Labute approximate surface area is 117 Å². The fourth-order valence-electron chi connectivity index (χ4n) is 2.04. The van der Waals surface area contributed by atoms with Crippen LogP contribution in [-0.4, -0.2) is 24.3 Å². The summed E-state index contributed by atoms with van der Waals surface area (Å²) < 4.78 is 13.2. The third-order valence-electron chi connectivity index (χ3n) is 3.04. The van der Waals surface area contributed by atoms with Gasteiger partial charge in [-0.1, -0.05) is 5.16 Å². The lowest BCUT2D eigenvalue weighted by molar-refractivity contribution is 0.362. The van der Waals surface area contributed by atoms with Crippen molar-refractivity contribution < 1.29 is 8.94 Å². The van der Waals surface area contributed by atoms with Crippen LogP contribution in [0.5, 0.6) is 0 Å². The van der Waals surface area contributed by atoms with Crippen LogP contribution in [-0.2, 0) is 6.54 Å². The molecule has 0 saturated carbocycles. The van der Waals surface area contributed by atoms with E-state index in [0.717, 1.165) is 0 Å². The van der Waals surface area contributed by atoms with E-state index in [1.54, 1.807) is 41.2 Å². The maximum Gasteiger partial charge on any atom is 0.291 e. The molecule has 0 radical (unpaired) electrons. The zero-order valence-corrected chi connectivity index (χ0v) is 10.7. The molecule has 0 aromatic carbocycles. The van der Waals surface area contributed by atoms with Gasteiger partial charge in [0.25, 0.3) is 5.56 Å². The molecule has 0 spiro atoms. The van der Waals surface area contributed by atoms with Crippen LogP contribution in [0.3, 0.4) is 0 Å². The second kappa shape index (κ2) is 4.44. The van der Waals surface area contributed by atoms with Gasteiger partial charge in [0.2, 0.25) is 11.7 Å². The van der Waals surface area contributed by atoms with Crippen molar-refractivity contribution >= 4 is 5.52 Å². The SMILES string of the molecule is O=c1c2cccn2cnn1Cc1nc(-c2ccco2)no1. The first-order chi connectivity index (χ1) is 10.3. The summed E-state index contributed by atoms with van der Waals surface area (Å²) in [5, 5.41) is 7.87. The van der Waals surface area contributed by atoms with Crippen molar-refractivity contribution in [2.45, 2.75) is 6.54 Å². The molecule has 0 aliphatic heterocycles. The Morgan fingerprint density at radius 2 is 2.19 bits per heavy atom. The fourth-order valence-corrected chi connectivity index (χ4v) is 2.04. The second-order valence-corrected chi connectivity index (χ2v) is 4.38. The summed E-state index contributed by atoms with van der Waals surface area (Å²) in [4.78, 5) is 16.4. The van der Waals surface area contributed by atoms with E-state index in [0.29, 0.717) is 17.1 Å². The number of aromatic nitrogens is 5. The Balaban J connectivity index is 1.68. The van der Waals surface area contributed by atoms with Crippen LogP contribution in [0.15, 0.2) is 56.8 Å². The van der Waals surface area contributed by atoms with Gasteiger partial charge in [0.15, 0.2) is 5.76 Å². The minimum atomic E-state index is -0.222. The lowest BCUT2D eigenvalue weighted by atomic mass is 10.4. The van der Waals surface area contributed by atoms with E-state index >= 15 is 0 Å². The number of furan rings is 1. The van der Waals surface area contributed by atoms with Crippen LogP contribution in [0, 0.1) is 0 Å². The number of hydrogen-bond donors (Lipinski definition) is 0. The average Bonchev–Trinajstić information content (AvgIpc) is 3.21. The van der Waals surface area contributed by atoms with Crippen LogP contribution in [0.25, 0.3) is 17.1 Å². The van der Waals surface area contributed by atoms with Gasteiger partial charge in [0, 0.05) is 6.20 Å². The maximum absolute atomic E-state index is 12.2. The summed E-state index contributed by atoms with van der Waals surface area (Å²) in [5.74, 6) is 1.13. The smallest absolute Gasteiger partial charge is 0.291 e. The summed E-state index contributed by atoms with van der Waals surface area (Å²) >= 11 is 0. The van der Waals surface area contributed by atoms with Crippen LogP contribution in [0.2, 0.25) is 0 Å². The quantitative estimate of drug-likeness (QED) is 0.561. The van der Waals surface area contributed by atoms with Gasteiger partial charge in [-0.2, -0.15) is 10.1 Å². The summed E-state index contributed by atoms with van der Waals surface area (Å²) in [6.07, 6.45) is 4.84. The largest absolute Gasteiger partial charge is 0.461 e. The molecule has 104 valence electrons. The van der Waals surface area contributed by atoms with E-state index < -0.39 is 0 Å². The molecule has 21 heavy (non-hydrogen) atoms. The van der Waals surface area contributed by atoms with Crippen molar-refractivity contribution in [3.8, 4) is 11.6 Å². The van der Waals surface area contributed by atoms with E-state index in [4.69, 9.17) is 8.94 Å². The molecular formula is C13H9N5O3. The molecule has 8 nitrogen and oxygen atoms in total. The van der Waals surface area contributed by atoms with Crippen LogP contribution >= 0.6 is 0 Å². The van der Waals surface area contributed by atoms with Gasteiger partial charge in [-0.05, 0) is 24.3 Å². The molecule has 4 aromatic heterocycles. The summed E-state index contributed by atoms with van der Waals surface area (Å²) in [5.41, 5.74) is 0.316. The Kier molecular flexibility index (Phi) is 2.46. The lowest BCUT2D eigenvalue weighted by Crippen LogP contribution is -2.24. The summed E-state index contributed by atoms with van der Waals surface area (Å²) in [6.45, 7) is 0.105. The molecule has 4 rings (SSSR count). The zero-order chi connectivity index (χ0) is 14.2. The fraction of sp³-hybridized carbons (Fsp3) is 0.0769. The van der Waals surface area contributed by atoms with Crippen molar-refractivity contribution in [1.82, 2.24) is 24.3 Å². The zero-order valence-electron chi connectivity index (χ0n) is 10.7. The predicted octanol–water partition coefficient (Wildman–Crippen LogP) is 1.19. The van der Waals surface area contributed by atoms with Crippen molar-refractivity contribution in [3.05, 3.63) is 59.3 Å². The number of nitrogens with zero attached hydrogens (tertiary/aromatic N) is 5. The van der Waals surface area contributed by atoms with Gasteiger partial charge in [0.1, 0.15) is 18.4 Å². The second-order valence-electron chi connectivity index (χ2n) is 4.38. The van der Waals surface area contributed by atoms with Crippen molar-refractivity contribution in [2.24, 2.45) is 0 Å². The highest BCUT2D eigenvalue weighted by molar-refractivity contribution is 5.45. The Hall–Kier alpha value is -3.16. The van der Waals surface area contributed by atoms with E-state index in [1.165, 1.54) is 10.9 Å². The Morgan fingerprint density at radius 3 is 3.05 bits per heavy atom. The van der Waals surface area contributed by atoms with E-state index in [2.05, 4.69) is 15.2 Å². The van der Waals surface area contributed by atoms with E-state index in [9.17, 15) is 4.79 Å². The molecule has 4 heterocycles. The van der Waals surface area contributed by atoms with Gasteiger partial charge in [0.05, 0.1) is 6.26 Å². The topological polar surface area (TPSA) is 91.4 Å². The maximum atomic E-state index is 12.2. The van der Waals surface area contributed by atoms with E-state index in [1.807, 2.05) is 0 Å². The molecule has 0 bridgehead atoms. The molecule has 0 fully saturated rings. The standard InChI is InChI=1S/C13H9N5O3/c19-13-9-3-1-5-17(9)8-14-18(13)7-11-15-12(16-21-11)10-4-2-6-20-10/h1-6,8H,7H2. The average molecular weight is 283 g/mol. The van der Waals surface area contributed by atoms with E-state index in [-0.39, 0.29) is 18.0 Å². The molecular weight excluding hydrogens is 274 g/mol. The molecule has 0 atom stereocenters. The number of hydrogen-bond acceptors (Lipinski definition) is 6. The molecule has 0 aliphatic rings. The van der Waals surface area contributed by atoms with Crippen molar-refractivity contribution in [1.29, 1.82) is 0 Å². The van der Waals surface area contributed by atoms with Gasteiger partial charge < -0.3 is 13.3 Å². The Morgan fingerprint density at radius 1 is 1.24 bits per heavy atom. The molecule has 4 aromatic rings. The predicted molar refractivity (Wildman–Crippen MR) is 70.6 cm³/mol. The first-order valence-corrected chi connectivity index (χ1v) is 6.20. The highest BCUT2D eigenvalue weighted by Gasteiger charge is 2.13. The minimum absolute atomic E-state index is 0.105. The molecule has 0 aliphatic carbocycles. The third-order valence-corrected chi connectivity index (χ3v) is 3.04. The van der Waals surface area contributed by atoms with Crippen LogP contribution in [0.1, 0.15) is 5.89 Å². The molecule has 0 N–H and O–H groups in total. The molecule has 0 amide bonds. The van der Waals surface area contributed by atoms with Crippen LogP contribution < -0.4 is 5.56 Å². The molecule has 0 unspecified atom stereocenters. The van der Waals surface area contributed by atoms with Gasteiger partial charge in [-0.15, -0.1) is 0 Å². The highest BCUT2D eigenvalue weighted by Crippen LogP contribution is 2.15. The third kappa shape index (κ3) is 1.93. The number of rotatable bonds is 3. The first kappa shape index (κ1) is 11.6. The monoisotopic (exact) mass is 283 g/mol. The minimum Gasteiger partial charge on any atom is -0.461 e. The van der Waals surface area contributed by atoms with Crippen molar-refractivity contribution in [2.75, 3.05) is 0 Å². The molecule has 0 saturated heterocycles. The van der Waals surface area contributed by atoms with Gasteiger partial charge in [-0.3, -0.25) is 4.79 Å². The first-order valence-electron chi connectivity index (χ1n) is 6.20. The number of fused-ring (bicyclic) bond motifs is 1. The van der Waals surface area contributed by atoms with Gasteiger partial charge >= 0.3 is 0 Å². The van der Waals surface area contributed by atoms with Gasteiger partial charge in [-0.25, -0.2) is 4.68 Å². The Bertz CT molecular complexity index is 948. The lowest BCUT2D eigenvalue weighted by Gasteiger charge is -2.01.